The van der Waals surface area contributed by atoms with E-state index in [4.69, 9.17) is 0 Å². The number of rotatable bonds is 4. The Bertz CT molecular complexity index is 314. The van der Waals surface area contributed by atoms with Crippen LogP contribution in [0.15, 0.2) is 36.2 Å². The van der Waals surface area contributed by atoms with Crippen LogP contribution in [0.2, 0.25) is 0 Å². The van der Waals surface area contributed by atoms with Crippen molar-refractivity contribution in [2.75, 3.05) is 14.1 Å². The summed E-state index contributed by atoms with van der Waals surface area (Å²) in [6, 6.07) is 0. The summed E-state index contributed by atoms with van der Waals surface area (Å²) in [5.74, 6) is 0.154. The molecular formula is C12H18N2O. The second-order valence-corrected chi connectivity index (χ2v) is 3.81. The van der Waals surface area contributed by atoms with Gasteiger partial charge in [0.2, 0.25) is 5.91 Å². The van der Waals surface area contributed by atoms with Gasteiger partial charge in [-0.15, -0.1) is 0 Å². The molecule has 0 saturated carbocycles. The van der Waals surface area contributed by atoms with E-state index in [2.05, 4.69) is 18.0 Å². The van der Waals surface area contributed by atoms with E-state index < -0.39 is 0 Å². The van der Waals surface area contributed by atoms with Crippen molar-refractivity contribution in [1.82, 2.24) is 10.2 Å². The molecule has 1 aliphatic rings. The van der Waals surface area contributed by atoms with Crippen LogP contribution in [0.3, 0.4) is 0 Å². The SMILES string of the molecule is C=CNC1=CCCC(CC(=O)N(C)C)=C1. The van der Waals surface area contributed by atoms with Gasteiger partial charge in [0.05, 0.1) is 0 Å². The van der Waals surface area contributed by atoms with Crippen LogP contribution < -0.4 is 5.32 Å². The first-order chi connectivity index (χ1) is 7.13. The predicted molar refractivity (Wildman–Crippen MR) is 62.0 cm³/mol. The first kappa shape index (κ1) is 11.6. The highest BCUT2D eigenvalue weighted by Crippen LogP contribution is 2.19. The molecule has 0 saturated heterocycles. The van der Waals surface area contributed by atoms with Crippen LogP contribution in [0.25, 0.3) is 0 Å². The number of amides is 1. The Morgan fingerprint density at radius 3 is 3.00 bits per heavy atom. The fourth-order valence-electron chi connectivity index (χ4n) is 1.47. The van der Waals surface area contributed by atoms with E-state index in [1.165, 1.54) is 5.57 Å². The van der Waals surface area contributed by atoms with Crippen molar-refractivity contribution in [3.63, 3.8) is 0 Å². The number of carbonyl (C=O) groups is 1. The minimum Gasteiger partial charge on any atom is -0.363 e. The molecule has 15 heavy (non-hydrogen) atoms. The number of nitrogens with one attached hydrogen (secondary N) is 1. The van der Waals surface area contributed by atoms with Gasteiger partial charge in [-0.05, 0) is 25.1 Å². The zero-order chi connectivity index (χ0) is 11.3. The summed E-state index contributed by atoms with van der Waals surface area (Å²) in [5, 5.41) is 3.04. The summed E-state index contributed by atoms with van der Waals surface area (Å²) in [6.45, 7) is 3.61. The van der Waals surface area contributed by atoms with Crippen molar-refractivity contribution in [3.05, 3.63) is 36.2 Å². The van der Waals surface area contributed by atoms with Crippen LogP contribution in [0.4, 0.5) is 0 Å². The highest BCUT2D eigenvalue weighted by atomic mass is 16.2. The molecule has 0 aromatic heterocycles. The normalized spacial score (nSPS) is 15.1. The highest BCUT2D eigenvalue weighted by Gasteiger charge is 2.10. The molecule has 0 fully saturated rings. The third-order valence-corrected chi connectivity index (χ3v) is 2.34. The maximum Gasteiger partial charge on any atom is 0.226 e. The van der Waals surface area contributed by atoms with Gasteiger partial charge in [0.15, 0.2) is 0 Å². The van der Waals surface area contributed by atoms with Gasteiger partial charge >= 0.3 is 0 Å². The maximum absolute atomic E-state index is 11.5. The van der Waals surface area contributed by atoms with Crippen molar-refractivity contribution in [2.45, 2.75) is 19.3 Å². The van der Waals surface area contributed by atoms with Crippen LogP contribution in [-0.4, -0.2) is 24.9 Å². The third-order valence-electron chi connectivity index (χ3n) is 2.34. The molecule has 0 aliphatic heterocycles. The summed E-state index contributed by atoms with van der Waals surface area (Å²) in [7, 11) is 3.56. The van der Waals surface area contributed by atoms with Crippen LogP contribution in [0.5, 0.6) is 0 Å². The summed E-state index contributed by atoms with van der Waals surface area (Å²) in [4.78, 5) is 13.1. The van der Waals surface area contributed by atoms with Gasteiger partial charge in [-0.1, -0.05) is 18.2 Å². The minimum absolute atomic E-state index is 0.154. The van der Waals surface area contributed by atoms with Gasteiger partial charge in [-0.25, -0.2) is 0 Å². The van der Waals surface area contributed by atoms with Crippen LogP contribution in [0, 0.1) is 0 Å². The standard InChI is InChI=1S/C12H18N2O/c1-4-13-11-7-5-6-10(8-11)9-12(15)14(2)3/h4,7-8,13H,1,5-6,9H2,2-3H3. The van der Waals surface area contributed by atoms with E-state index in [0.29, 0.717) is 6.42 Å². The van der Waals surface area contributed by atoms with Gasteiger partial charge in [-0.2, -0.15) is 0 Å². The molecular weight excluding hydrogens is 188 g/mol. The number of carbonyl (C=O) groups excluding carboxylic acids is 1. The quantitative estimate of drug-likeness (QED) is 0.760. The number of hydrogen-bond donors (Lipinski definition) is 1. The molecule has 0 radical (unpaired) electrons. The second-order valence-electron chi connectivity index (χ2n) is 3.81. The van der Waals surface area contributed by atoms with Crippen LogP contribution in [-0.2, 0) is 4.79 Å². The third kappa shape index (κ3) is 3.62. The molecule has 0 bridgehead atoms. The highest BCUT2D eigenvalue weighted by molar-refractivity contribution is 5.78. The lowest BCUT2D eigenvalue weighted by molar-refractivity contribution is -0.127. The predicted octanol–water partition coefficient (Wildman–Crippen LogP) is 1.80. The zero-order valence-corrected chi connectivity index (χ0v) is 9.42. The number of allylic oxidation sites excluding steroid dienone is 2. The molecule has 3 nitrogen and oxygen atoms in total. The lowest BCUT2D eigenvalue weighted by atomic mass is 10.00. The average Bonchev–Trinajstić information content (AvgIpc) is 2.18. The lowest BCUT2D eigenvalue weighted by Gasteiger charge is -2.16. The summed E-state index contributed by atoms with van der Waals surface area (Å²) >= 11 is 0. The molecule has 0 aromatic rings. The first-order valence-electron chi connectivity index (χ1n) is 5.10. The van der Waals surface area contributed by atoms with E-state index >= 15 is 0 Å². The number of nitrogens with zero attached hydrogens (tertiary/aromatic N) is 1. The molecule has 3 heteroatoms. The van der Waals surface area contributed by atoms with Gasteiger partial charge in [-0.3, -0.25) is 4.79 Å². The summed E-state index contributed by atoms with van der Waals surface area (Å²) in [5.41, 5.74) is 2.22. The van der Waals surface area contributed by atoms with Crippen molar-refractivity contribution in [2.24, 2.45) is 0 Å². The maximum atomic E-state index is 11.5. The monoisotopic (exact) mass is 206 g/mol. The minimum atomic E-state index is 0.154. The Balaban J connectivity index is 2.59. The fraction of sp³-hybridized carbons (Fsp3) is 0.417. The molecule has 1 N–H and O–H groups in total. The lowest BCUT2D eigenvalue weighted by Crippen LogP contribution is -2.22. The molecule has 0 aromatic carbocycles. The zero-order valence-electron chi connectivity index (χ0n) is 9.42. The van der Waals surface area contributed by atoms with E-state index in [9.17, 15) is 4.79 Å². The van der Waals surface area contributed by atoms with Crippen LogP contribution >= 0.6 is 0 Å². The Kier molecular flexibility index (Phi) is 4.16. The smallest absolute Gasteiger partial charge is 0.226 e. The van der Waals surface area contributed by atoms with Gasteiger partial charge in [0.1, 0.15) is 0 Å². The Morgan fingerprint density at radius 1 is 1.67 bits per heavy atom. The first-order valence-corrected chi connectivity index (χ1v) is 5.10. The Hall–Kier alpha value is -1.51. The van der Waals surface area contributed by atoms with Gasteiger partial charge < -0.3 is 10.2 Å². The molecule has 82 valence electrons. The van der Waals surface area contributed by atoms with Gasteiger partial charge in [0, 0.05) is 26.2 Å². The van der Waals surface area contributed by atoms with E-state index in [-0.39, 0.29) is 5.91 Å². The van der Waals surface area contributed by atoms with E-state index in [1.807, 2.05) is 6.08 Å². The largest absolute Gasteiger partial charge is 0.363 e. The van der Waals surface area contributed by atoms with Crippen molar-refractivity contribution in [3.8, 4) is 0 Å². The number of hydrogen-bond acceptors (Lipinski definition) is 2. The summed E-state index contributed by atoms with van der Waals surface area (Å²) < 4.78 is 0. The molecule has 0 spiro atoms. The summed E-state index contributed by atoms with van der Waals surface area (Å²) in [6.07, 6.45) is 8.28. The van der Waals surface area contributed by atoms with Crippen molar-refractivity contribution < 1.29 is 4.79 Å². The molecule has 1 amide bonds. The molecule has 0 heterocycles. The molecule has 1 rings (SSSR count). The van der Waals surface area contributed by atoms with E-state index in [0.717, 1.165) is 18.5 Å². The van der Waals surface area contributed by atoms with Crippen molar-refractivity contribution in [1.29, 1.82) is 0 Å². The Labute approximate surface area is 91.2 Å². The molecule has 1 aliphatic carbocycles. The molecule has 0 unspecified atom stereocenters. The fourth-order valence-corrected chi connectivity index (χ4v) is 1.47. The Morgan fingerprint density at radius 2 is 2.40 bits per heavy atom. The topological polar surface area (TPSA) is 32.3 Å². The van der Waals surface area contributed by atoms with Gasteiger partial charge in [0.25, 0.3) is 0 Å². The van der Waals surface area contributed by atoms with E-state index in [1.54, 1.807) is 25.2 Å². The second kappa shape index (κ2) is 5.39. The molecule has 0 atom stereocenters. The van der Waals surface area contributed by atoms with Crippen LogP contribution in [0.1, 0.15) is 19.3 Å². The van der Waals surface area contributed by atoms with Crippen molar-refractivity contribution >= 4 is 5.91 Å². The average molecular weight is 206 g/mol.